The number of halogens is 1. The average Bonchev–Trinajstić information content (AvgIpc) is 2.41. The van der Waals surface area contributed by atoms with Gasteiger partial charge in [0.05, 0.1) is 0 Å². The van der Waals surface area contributed by atoms with E-state index in [4.69, 9.17) is 0 Å². The summed E-state index contributed by atoms with van der Waals surface area (Å²) in [4.78, 5) is 25.3. The van der Waals surface area contributed by atoms with Gasteiger partial charge in [-0.05, 0) is 30.7 Å². The lowest BCUT2D eigenvalue weighted by Crippen LogP contribution is -2.57. The van der Waals surface area contributed by atoms with E-state index in [0.717, 1.165) is 0 Å². The Bertz CT molecular complexity index is 475. The number of anilines is 1. The number of nitrogens with zero attached hydrogens (tertiary/aromatic N) is 1. The van der Waals surface area contributed by atoms with Gasteiger partial charge in [-0.3, -0.25) is 4.79 Å². The number of hydrogen-bond donors (Lipinski definition) is 2. The van der Waals surface area contributed by atoms with E-state index in [1.807, 2.05) is 6.92 Å². The first kappa shape index (κ1) is 13.3. The molecule has 0 aliphatic carbocycles. The second kappa shape index (κ2) is 5.69. The fraction of sp³-hybridized carbons (Fsp3) is 0.385. The fourth-order valence-corrected chi connectivity index (χ4v) is 2.09. The van der Waals surface area contributed by atoms with E-state index in [9.17, 15) is 14.0 Å². The van der Waals surface area contributed by atoms with E-state index in [2.05, 4.69) is 10.6 Å². The monoisotopic (exact) mass is 265 g/mol. The maximum absolute atomic E-state index is 12.8. The van der Waals surface area contributed by atoms with Crippen molar-refractivity contribution in [2.75, 3.05) is 18.4 Å². The van der Waals surface area contributed by atoms with Crippen LogP contribution in [0.25, 0.3) is 0 Å². The minimum Gasteiger partial charge on any atom is -0.353 e. The Labute approximate surface area is 110 Å². The van der Waals surface area contributed by atoms with Crippen LogP contribution in [0, 0.1) is 5.82 Å². The summed E-state index contributed by atoms with van der Waals surface area (Å²) in [5, 5.41) is 5.39. The number of urea groups is 1. The Morgan fingerprint density at radius 3 is 2.79 bits per heavy atom. The summed E-state index contributed by atoms with van der Waals surface area (Å²) in [5.41, 5.74) is 0.507. The van der Waals surface area contributed by atoms with E-state index in [1.54, 1.807) is 0 Å². The minimum absolute atomic E-state index is 0.136. The molecule has 1 aliphatic heterocycles. The van der Waals surface area contributed by atoms with Crippen molar-refractivity contribution >= 4 is 17.6 Å². The van der Waals surface area contributed by atoms with Crippen LogP contribution >= 0.6 is 0 Å². The Morgan fingerprint density at radius 2 is 2.16 bits per heavy atom. The van der Waals surface area contributed by atoms with Crippen molar-refractivity contribution in [1.29, 1.82) is 0 Å². The highest BCUT2D eigenvalue weighted by Gasteiger charge is 2.31. The van der Waals surface area contributed by atoms with Crippen LogP contribution in [0.15, 0.2) is 24.3 Å². The zero-order valence-electron chi connectivity index (χ0n) is 10.6. The number of rotatable bonds is 2. The van der Waals surface area contributed by atoms with E-state index >= 15 is 0 Å². The molecule has 1 heterocycles. The molecule has 0 radical (unpaired) electrons. The highest BCUT2D eigenvalue weighted by Crippen LogP contribution is 2.13. The molecule has 0 saturated carbocycles. The molecule has 1 fully saturated rings. The van der Waals surface area contributed by atoms with Crippen LogP contribution < -0.4 is 10.6 Å². The van der Waals surface area contributed by atoms with Crippen LogP contribution in [-0.2, 0) is 4.79 Å². The Balaban J connectivity index is 2.06. The zero-order valence-corrected chi connectivity index (χ0v) is 10.6. The molecule has 1 aromatic carbocycles. The van der Waals surface area contributed by atoms with Gasteiger partial charge in [0.15, 0.2) is 0 Å². The molecule has 0 spiro atoms. The number of amides is 3. The van der Waals surface area contributed by atoms with Gasteiger partial charge in [0, 0.05) is 18.8 Å². The highest BCUT2D eigenvalue weighted by atomic mass is 19.1. The predicted molar refractivity (Wildman–Crippen MR) is 69.2 cm³/mol. The third kappa shape index (κ3) is 3.01. The molecule has 2 rings (SSSR count). The van der Waals surface area contributed by atoms with Crippen molar-refractivity contribution in [3.8, 4) is 0 Å². The third-order valence-corrected chi connectivity index (χ3v) is 3.07. The van der Waals surface area contributed by atoms with E-state index in [1.165, 1.54) is 29.2 Å². The lowest BCUT2D eigenvalue weighted by atomic mass is 10.1. The van der Waals surface area contributed by atoms with Crippen LogP contribution in [-0.4, -0.2) is 36.0 Å². The lowest BCUT2D eigenvalue weighted by Gasteiger charge is -2.34. The first-order chi connectivity index (χ1) is 9.11. The first-order valence-corrected chi connectivity index (χ1v) is 6.22. The van der Waals surface area contributed by atoms with Crippen molar-refractivity contribution < 1.29 is 14.0 Å². The van der Waals surface area contributed by atoms with E-state index in [0.29, 0.717) is 25.2 Å². The molecule has 102 valence electrons. The fourth-order valence-electron chi connectivity index (χ4n) is 2.09. The molecule has 5 nitrogen and oxygen atoms in total. The van der Waals surface area contributed by atoms with Crippen LogP contribution in [0.3, 0.4) is 0 Å². The average molecular weight is 265 g/mol. The van der Waals surface area contributed by atoms with Crippen LogP contribution in [0.2, 0.25) is 0 Å². The molecule has 19 heavy (non-hydrogen) atoms. The maximum atomic E-state index is 12.8. The number of piperazine rings is 1. The van der Waals surface area contributed by atoms with Crippen molar-refractivity contribution in [3.05, 3.63) is 30.1 Å². The smallest absolute Gasteiger partial charge is 0.322 e. The zero-order chi connectivity index (χ0) is 13.8. The normalized spacial score (nSPS) is 18.9. The molecule has 6 heteroatoms. The second-order valence-electron chi connectivity index (χ2n) is 4.35. The van der Waals surface area contributed by atoms with Crippen molar-refractivity contribution in [3.63, 3.8) is 0 Å². The number of carbonyl (C=O) groups excluding carboxylic acids is 2. The number of carbonyl (C=O) groups is 2. The molecular weight excluding hydrogens is 249 g/mol. The summed E-state index contributed by atoms with van der Waals surface area (Å²) in [5.74, 6) is -0.496. The van der Waals surface area contributed by atoms with Gasteiger partial charge in [0.2, 0.25) is 5.91 Å². The second-order valence-corrected chi connectivity index (χ2v) is 4.35. The molecule has 1 aliphatic rings. The topological polar surface area (TPSA) is 61.4 Å². The number of nitrogens with one attached hydrogen (secondary N) is 2. The SMILES string of the molecule is CCC1C(=O)NCCN1C(=O)Nc1ccc(F)cc1. The van der Waals surface area contributed by atoms with Crippen LogP contribution in [0.5, 0.6) is 0 Å². The number of benzene rings is 1. The molecule has 1 saturated heterocycles. The summed E-state index contributed by atoms with van der Waals surface area (Å²) in [7, 11) is 0. The van der Waals surface area contributed by atoms with Crippen LogP contribution in [0.1, 0.15) is 13.3 Å². The highest BCUT2D eigenvalue weighted by molar-refractivity contribution is 5.94. The molecule has 1 aromatic rings. The summed E-state index contributed by atoms with van der Waals surface area (Å²) >= 11 is 0. The Hall–Kier alpha value is -2.11. The largest absolute Gasteiger partial charge is 0.353 e. The van der Waals surface area contributed by atoms with Gasteiger partial charge < -0.3 is 15.5 Å². The third-order valence-electron chi connectivity index (χ3n) is 3.07. The van der Waals surface area contributed by atoms with Crippen molar-refractivity contribution in [2.45, 2.75) is 19.4 Å². The van der Waals surface area contributed by atoms with Gasteiger partial charge in [-0.15, -0.1) is 0 Å². The summed E-state index contributed by atoms with van der Waals surface area (Å²) in [6.07, 6.45) is 0.558. The van der Waals surface area contributed by atoms with Gasteiger partial charge in [0.1, 0.15) is 11.9 Å². The standard InChI is InChI=1S/C13H16FN3O2/c1-2-11-12(18)15-7-8-17(11)13(19)16-10-5-3-9(14)4-6-10/h3-6,11H,2,7-8H2,1H3,(H,15,18)(H,16,19). The Morgan fingerprint density at radius 1 is 1.47 bits per heavy atom. The van der Waals surface area contributed by atoms with Gasteiger partial charge in [0.25, 0.3) is 0 Å². The minimum atomic E-state index is -0.450. The summed E-state index contributed by atoms with van der Waals surface area (Å²) < 4.78 is 12.8. The van der Waals surface area contributed by atoms with E-state index < -0.39 is 6.04 Å². The lowest BCUT2D eigenvalue weighted by molar-refractivity contribution is -0.127. The van der Waals surface area contributed by atoms with E-state index in [-0.39, 0.29) is 17.8 Å². The maximum Gasteiger partial charge on any atom is 0.322 e. The van der Waals surface area contributed by atoms with Crippen molar-refractivity contribution in [2.24, 2.45) is 0 Å². The van der Waals surface area contributed by atoms with Crippen molar-refractivity contribution in [1.82, 2.24) is 10.2 Å². The van der Waals surface area contributed by atoms with Gasteiger partial charge in [-0.2, -0.15) is 0 Å². The van der Waals surface area contributed by atoms with Crippen LogP contribution in [0.4, 0.5) is 14.9 Å². The summed E-state index contributed by atoms with van der Waals surface area (Å²) in [6, 6.07) is 4.73. The van der Waals surface area contributed by atoms with Gasteiger partial charge >= 0.3 is 6.03 Å². The Kier molecular flexibility index (Phi) is 3.99. The molecule has 3 amide bonds. The van der Waals surface area contributed by atoms with Gasteiger partial charge in [-0.25, -0.2) is 9.18 Å². The predicted octanol–water partition coefficient (Wildman–Crippen LogP) is 1.57. The first-order valence-electron chi connectivity index (χ1n) is 6.22. The van der Waals surface area contributed by atoms with Gasteiger partial charge in [-0.1, -0.05) is 6.92 Å². The molecule has 0 aromatic heterocycles. The molecular formula is C13H16FN3O2. The number of hydrogen-bond acceptors (Lipinski definition) is 2. The molecule has 1 unspecified atom stereocenters. The molecule has 0 bridgehead atoms. The molecule has 2 N–H and O–H groups in total. The quantitative estimate of drug-likeness (QED) is 0.852. The summed E-state index contributed by atoms with van der Waals surface area (Å²) in [6.45, 7) is 2.77. The molecule has 1 atom stereocenters.